The van der Waals surface area contributed by atoms with Gasteiger partial charge in [-0.2, -0.15) is 5.10 Å². The largest absolute Gasteiger partial charge is 0.311 e. The van der Waals surface area contributed by atoms with E-state index in [1.807, 2.05) is 29.1 Å². The van der Waals surface area contributed by atoms with Crippen molar-refractivity contribution >= 4 is 0 Å². The van der Waals surface area contributed by atoms with Gasteiger partial charge in [0.25, 0.3) is 0 Å². The molecule has 2 rings (SSSR count). The third-order valence-corrected chi connectivity index (χ3v) is 3.00. The van der Waals surface area contributed by atoms with Crippen LogP contribution in [0.3, 0.4) is 0 Å². The zero-order valence-electron chi connectivity index (χ0n) is 12.5. The van der Waals surface area contributed by atoms with E-state index in [1.54, 1.807) is 0 Å². The predicted octanol–water partition coefficient (Wildman–Crippen LogP) is 2.36. The molecule has 0 saturated heterocycles. The summed E-state index contributed by atoms with van der Waals surface area (Å²) in [4.78, 5) is 4.36. The van der Waals surface area contributed by atoms with Gasteiger partial charge in [0.15, 0.2) is 5.82 Å². The highest BCUT2D eigenvalue weighted by Gasteiger charge is 2.06. The lowest BCUT2D eigenvalue weighted by Gasteiger charge is -2.08. The molecule has 5 heteroatoms. The lowest BCUT2D eigenvalue weighted by atomic mass is 10.2. The summed E-state index contributed by atoms with van der Waals surface area (Å²) in [6, 6.07) is 4.02. The van der Waals surface area contributed by atoms with Crippen LogP contribution in [-0.4, -0.2) is 26.3 Å². The van der Waals surface area contributed by atoms with Crippen LogP contribution in [0, 0.1) is 5.92 Å². The fraction of sp³-hybridized carbons (Fsp3) is 0.533. The van der Waals surface area contributed by atoms with Crippen molar-refractivity contribution in [2.75, 3.05) is 6.54 Å². The number of nitrogens with one attached hydrogen (secondary N) is 1. The van der Waals surface area contributed by atoms with Gasteiger partial charge < -0.3 is 5.32 Å². The second-order valence-corrected chi connectivity index (χ2v) is 5.37. The Kier molecular flexibility index (Phi) is 5.24. The number of hydrogen-bond acceptors (Lipinski definition) is 4. The van der Waals surface area contributed by atoms with Crippen LogP contribution in [0.15, 0.2) is 24.5 Å². The zero-order valence-corrected chi connectivity index (χ0v) is 12.5. The molecule has 0 fully saturated rings. The van der Waals surface area contributed by atoms with Crippen molar-refractivity contribution in [2.24, 2.45) is 5.92 Å². The molecule has 0 aromatic carbocycles. The molecular weight excluding hydrogens is 250 g/mol. The fourth-order valence-electron chi connectivity index (χ4n) is 2.02. The fourth-order valence-corrected chi connectivity index (χ4v) is 2.02. The maximum atomic E-state index is 4.36. The Bertz CT molecular complexity index is 515. The first kappa shape index (κ1) is 14.7. The molecule has 0 radical (unpaired) electrons. The molecule has 2 aromatic heterocycles. The van der Waals surface area contributed by atoms with E-state index in [2.05, 4.69) is 41.3 Å². The summed E-state index contributed by atoms with van der Waals surface area (Å²) in [5, 5.41) is 11.9. The second kappa shape index (κ2) is 7.14. The predicted molar refractivity (Wildman–Crippen MR) is 79.7 cm³/mol. The van der Waals surface area contributed by atoms with Gasteiger partial charge >= 0.3 is 0 Å². The van der Waals surface area contributed by atoms with Crippen LogP contribution in [0.5, 0.6) is 0 Å². The topological polar surface area (TPSA) is 55.6 Å². The van der Waals surface area contributed by atoms with Gasteiger partial charge in [-0.3, -0.25) is 4.57 Å². The van der Waals surface area contributed by atoms with Crippen LogP contribution < -0.4 is 5.32 Å². The minimum atomic E-state index is 0.643. The molecule has 0 aliphatic heterocycles. The molecule has 0 saturated carbocycles. The molecule has 0 atom stereocenters. The summed E-state index contributed by atoms with van der Waals surface area (Å²) < 4.78 is 2.00. The van der Waals surface area contributed by atoms with Gasteiger partial charge in [-0.25, -0.2) is 4.98 Å². The number of imidazole rings is 1. The zero-order chi connectivity index (χ0) is 14.4. The average molecular weight is 273 g/mol. The summed E-state index contributed by atoms with van der Waals surface area (Å²) in [5.41, 5.74) is 0.964. The first-order valence-electron chi connectivity index (χ1n) is 7.26. The third-order valence-electron chi connectivity index (χ3n) is 3.00. The molecule has 0 aliphatic rings. The van der Waals surface area contributed by atoms with Gasteiger partial charge in [0.1, 0.15) is 5.82 Å². The molecule has 108 valence electrons. The summed E-state index contributed by atoms with van der Waals surface area (Å²) in [6.45, 7) is 8.28. The van der Waals surface area contributed by atoms with Crippen molar-refractivity contribution in [3.05, 3.63) is 36.0 Å². The van der Waals surface area contributed by atoms with E-state index in [0.717, 1.165) is 43.3 Å². The number of hydrogen-bond donors (Lipinski definition) is 1. The molecule has 1 N–H and O–H groups in total. The highest BCUT2D eigenvalue weighted by atomic mass is 15.2. The quantitative estimate of drug-likeness (QED) is 0.841. The van der Waals surface area contributed by atoms with Crippen LogP contribution in [0.25, 0.3) is 5.82 Å². The Hall–Kier alpha value is -1.75. The highest BCUT2D eigenvalue weighted by molar-refractivity contribution is 5.24. The lowest BCUT2D eigenvalue weighted by Crippen LogP contribution is -2.20. The summed E-state index contributed by atoms with van der Waals surface area (Å²) in [5.74, 6) is 2.51. The number of aryl methyl sites for hydroxylation is 1. The normalized spacial score (nSPS) is 11.2. The Balaban J connectivity index is 2.02. The van der Waals surface area contributed by atoms with Crippen molar-refractivity contribution in [1.29, 1.82) is 0 Å². The van der Waals surface area contributed by atoms with Crippen molar-refractivity contribution in [3.63, 3.8) is 0 Å². The van der Waals surface area contributed by atoms with Gasteiger partial charge in [-0.15, -0.1) is 5.10 Å². The maximum Gasteiger partial charge on any atom is 0.160 e. The van der Waals surface area contributed by atoms with Gasteiger partial charge in [0.05, 0.1) is 5.69 Å². The first-order valence-corrected chi connectivity index (χ1v) is 7.26. The standard InChI is InChI=1S/C15H23N5/c1-4-5-14-17-8-9-20(14)15-7-6-13(18-19-15)11-16-10-12(2)3/h6-9,12,16H,4-5,10-11H2,1-3H3. The Labute approximate surface area is 120 Å². The van der Waals surface area contributed by atoms with Crippen LogP contribution >= 0.6 is 0 Å². The third kappa shape index (κ3) is 3.87. The van der Waals surface area contributed by atoms with Crippen molar-refractivity contribution < 1.29 is 0 Å². The van der Waals surface area contributed by atoms with Crippen LogP contribution in [0.2, 0.25) is 0 Å². The molecule has 0 aliphatic carbocycles. The van der Waals surface area contributed by atoms with E-state index in [1.165, 1.54) is 0 Å². The van der Waals surface area contributed by atoms with E-state index < -0.39 is 0 Å². The molecule has 0 spiro atoms. The molecular formula is C15H23N5. The number of nitrogens with zero attached hydrogens (tertiary/aromatic N) is 4. The lowest BCUT2D eigenvalue weighted by molar-refractivity contribution is 0.545. The molecule has 2 aromatic rings. The SMILES string of the molecule is CCCc1nccn1-c1ccc(CNCC(C)C)nn1. The summed E-state index contributed by atoms with van der Waals surface area (Å²) in [6.07, 6.45) is 5.77. The Morgan fingerprint density at radius 3 is 2.75 bits per heavy atom. The van der Waals surface area contributed by atoms with Crippen LogP contribution in [0.4, 0.5) is 0 Å². The molecule has 5 nitrogen and oxygen atoms in total. The van der Waals surface area contributed by atoms with E-state index >= 15 is 0 Å². The van der Waals surface area contributed by atoms with E-state index in [-0.39, 0.29) is 0 Å². The Morgan fingerprint density at radius 1 is 1.25 bits per heavy atom. The molecule has 0 amide bonds. The number of rotatable bonds is 7. The highest BCUT2D eigenvalue weighted by Crippen LogP contribution is 2.09. The van der Waals surface area contributed by atoms with Gasteiger partial charge in [0.2, 0.25) is 0 Å². The minimum absolute atomic E-state index is 0.643. The van der Waals surface area contributed by atoms with E-state index in [0.29, 0.717) is 5.92 Å². The van der Waals surface area contributed by atoms with Gasteiger partial charge in [-0.05, 0) is 31.0 Å². The molecule has 0 bridgehead atoms. The maximum absolute atomic E-state index is 4.36. The molecule has 0 unspecified atom stereocenters. The van der Waals surface area contributed by atoms with Gasteiger partial charge in [0, 0.05) is 25.4 Å². The van der Waals surface area contributed by atoms with Crippen molar-refractivity contribution in [1.82, 2.24) is 25.1 Å². The van der Waals surface area contributed by atoms with Crippen molar-refractivity contribution in [3.8, 4) is 5.82 Å². The van der Waals surface area contributed by atoms with E-state index in [4.69, 9.17) is 0 Å². The molecule has 20 heavy (non-hydrogen) atoms. The minimum Gasteiger partial charge on any atom is -0.311 e. The second-order valence-electron chi connectivity index (χ2n) is 5.37. The smallest absolute Gasteiger partial charge is 0.160 e. The average Bonchev–Trinajstić information content (AvgIpc) is 2.88. The molecule has 2 heterocycles. The summed E-state index contributed by atoms with van der Waals surface area (Å²) >= 11 is 0. The van der Waals surface area contributed by atoms with Crippen LogP contribution in [-0.2, 0) is 13.0 Å². The first-order chi connectivity index (χ1) is 9.70. The van der Waals surface area contributed by atoms with Gasteiger partial charge in [-0.1, -0.05) is 20.8 Å². The van der Waals surface area contributed by atoms with Crippen molar-refractivity contribution in [2.45, 2.75) is 40.2 Å². The summed E-state index contributed by atoms with van der Waals surface area (Å²) in [7, 11) is 0. The monoisotopic (exact) mass is 273 g/mol. The Morgan fingerprint density at radius 2 is 2.10 bits per heavy atom. The van der Waals surface area contributed by atoms with E-state index in [9.17, 15) is 0 Å². The number of aromatic nitrogens is 4. The van der Waals surface area contributed by atoms with Crippen LogP contribution in [0.1, 0.15) is 38.7 Å².